The Morgan fingerprint density at radius 1 is 0.833 bits per heavy atom. The molecule has 0 heterocycles. The molecule has 2 N–H and O–H groups in total. The van der Waals surface area contributed by atoms with E-state index in [2.05, 4.69) is 12.2 Å². The Labute approximate surface area is 171 Å². The molecule has 0 atom stereocenters. The van der Waals surface area contributed by atoms with Gasteiger partial charge in [-0.25, -0.2) is 0 Å². The first kappa shape index (κ1) is 28.9. The van der Waals surface area contributed by atoms with Crippen LogP contribution in [0.25, 0.3) is 0 Å². The summed E-state index contributed by atoms with van der Waals surface area (Å²) in [5.74, 6) is -0.822. The number of aliphatic carboxylic acids is 1. The Morgan fingerprint density at radius 3 is 1.46 bits per heavy atom. The second kappa shape index (κ2) is 27.9. The van der Waals surface area contributed by atoms with E-state index in [0.29, 0.717) is 6.42 Å². The summed E-state index contributed by atoms with van der Waals surface area (Å²) in [5, 5.41) is 10.3. The molecule has 0 unspecified atom stereocenters. The van der Waals surface area contributed by atoms with Crippen molar-refractivity contribution in [1.29, 1.82) is 0 Å². The van der Waals surface area contributed by atoms with E-state index in [0.717, 1.165) is 6.42 Å². The second-order valence-electron chi connectivity index (χ2n) is 6.06. The molecular formula is C19H38NNaO3. The fraction of sp³-hybridized carbons (Fsp3) is 0.895. The number of unbranched alkanes of at least 4 members (excludes halogenated alkanes) is 13. The number of carboxylic acid groups (broad SMARTS) is 1. The maximum absolute atomic E-state index is 9.98. The van der Waals surface area contributed by atoms with Crippen molar-refractivity contribution in [3.8, 4) is 0 Å². The van der Waals surface area contributed by atoms with Gasteiger partial charge in [-0.05, 0) is 7.05 Å². The summed E-state index contributed by atoms with van der Waals surface area (Å²) in [6, 6.07) is 0. The van der Waals surface area contributed by atoms with Gasteiger partial charge in [-0.1, -0.05) is 90.4 Å². The van der Waals surface area contributed by atoms with Crippen LogP contribution in [0.1, 0.15) is 96.8 Å². The molecule has 0 amide bonds. The van der Waals surface area contributed by atoms with Crippen molar-refractivity contribution in [1.82, 2.24) is 5.32 Å². The molecule has 0 aliphatic heterocycles. The normalized spacial score (nSPS) is 9.58. The van der Waals surface area contributed by atoms with Gasteiger partial charge >= 0.3 is 35.5 Å². The van der Waals surface area contributed by atoms with Crippen LogP contribution < -0.4 is 34.9 Å². The monoisotopic (exact) mass is 351 g/mol. The van der Waals surface area contributed by atoms with E-state index in [1.54, 1.807) is 7.05 Å². The molecule has 0 saturated heterocycles. The minimum Gasteiger partial charge on any atom is -0.542 e. The minimum atomic E-state index is -0.822. The van der Waals surface area contributed by atoms with E-state index in [1.807, 2.05) is 6.29 Å². The number of carbonyl (C=O) groups excluding carboxylic acids is 1. The Balaban J connectivity index is -0.000000538. The maximum Gasteiger partial charge on any atom is 1.00 e. The molecule has 24 heavy (non-hydrogen) atoms. The molecule has 4 nitrogen and oxygen atoms in total. The molecule has 0 bridgehead atoms. The molecule has 0 aromatic rings. The van der Waals surface area contributed by atoms with Gasteiger partial charge in [0, 0.05) is 0 Å². The van der Waals surface area contributed by atoms with E-state index < -0.39 is 5.97 Å². The van der Waals surface area contributed by atoms with Crippen molar-refractivity contribution >= 4 is 12.3 Å². The van der Waals surface area contributed by atoms with Gasteiger partial charge in [-0.2, -0.15) is 6.42 Å². The molecule has 0 radical (unpaired) electrons. The third kappa shape index (κ3) is 33.6. The van der Waals surface area contributed by atoms with Gasteiger partial charge in [0.2, 0.25) is 0 Å². The number of carboxylic acids is 1. The summed E-state index contributed by atoms with van der Waals surface area (Å²) in [6.07, 6.45) is 20.2. The number of likely N-dealkylation sites (N-methyl/N-ethyl adjacent to an activating group) is 1. The predicted octanol–water partition coefficient (Wildman–Crippen LogP) is 1.87. The summed E-state index contributed by atoms with van der Waals surface area (Å²) >= 11 is 0. The van der Waals surface area contributed by atoms with Crippen molar-refractivity contribution in [3.63, 3.8) is 0 Å². The zero-order chi connectivity index (χ0) is 17.6. The van der Waals surface area contributed by atoms with Crippen LogP contribution >= 0.6 is 0 Å². The van der Waals surface area contributed by atoms with E-state index in [9.17, 15) is 9.59 Å². The summed E-state index contributed by atoms with van der Waals surface area (Å²) in [7, 11) is 1.59. The fourth-order valence-electron chi connectivity index (χ4n) is 2.37. The van der Waals surface area contributed by atoms with Crippen LogP contribution in [0.15, 0.2) is 0 Å². The Morgan fingerprint density at radius 2 is 1.21 bits per heavy atom. The van der Waals surface area contributed by atoms with E-state index in [-0.39, 0.29) is 36.1 Å². The summed E-state index contributed by atoms with van der Waals surface area (Å²) in [6.45, 7) is 2.31. The van der Waals surface area contributed by atoms with Gasteiger partial charge in [0.1, 0.15) is 0 Å². The third-order valence-electron chi connectivity index (χ3n) is 3.71. The van der Waals surface area contributed by atoms with Crippen LogP contribution in [0.3, 0.4) is 0 Å². The first-order valence-corrected chi connectivity index (χ1v) is 9.40. The minimum absolute atomic E-state index is 0. The molecule has 0 aliphatic rings. The molecule has 0 fully saturated rings. The summed E-state index contributed by atoms with van der Waals surface area (Å²) in [4.78, 5) is 19.5. The van der Waals surface area contributed by atoms with Crippen molar-refractivity contribution < 1.29 is 44.3 Å². The molecule has 0 rings (SSSR count). The molecular weight excluding hydrogens is 313 g/mol. The first-order valence-electron chi connectivity index (χ1n) is 9.40. The van der Waals surface area contributed by atoms with Crippen LogP contribution in [-0.2, 0) is 9.59 Å². The van der Waals surface area contributed by atoms with Crippen molar-refractivity contribution in [2.24, 2.45) is 0 Å². The first-order chi connectivity index (χ1) is 11.2. The Bertz CT molecular complexity index is 251. The van der Waals surface area contributed by atoms with E-state index in [1.165, 1.54) is 77.0 Å². The SMILES string of the molecule is CCCCCCCCCCCCCCC[C-]=O.CNCC(=O)O.[Na+]. The number of hydrogen-bond acceptors (Lipinski definition) is 3. The van der Waals surface area contributed by atoms with Crippen LogP contribution in [0.5, 0.6) is 0 Å². The smallest absolute Gasteiger partial charge is 0.542 e. The summed E-state index contributed by atoms with van der Waals surface area (Å²) < 4.78 is 0. The van der Waals surface area contributed by atoms with Crippen LogP contribution in [0.4, 0.5) is 0 Å². The molecule has 0 aromatic heterocycles. The molecule has 0 spiro atoms. The van der Waals surface area contributed by atoms with Crippen molar-refractivity contribution in [3.05, 3.63) is 0 Å². The maximum atomic E-state index is 9.98. The zero-order valence-corrected chi connectivity index (χ0v) is 18.4. The van der Waals surface area contributed by atoms with E-state index in [4.69, 9.17) is 5.11 Å². The van der Waals surface area contributed by atoms with Gasteiger partial charge in [0.05, 0.1) is 6.54 Å². The molecule has 0 aromatic carbocycles. The largest absolute Gasteiger partial charge is 1.00 e. The number of rotatable bonds is 16. The van der Waals surface area contributed by atoms with Gasteiger partial charge < -0.3 is 15.2 Å². The fourth-order valence-corrected chi connectivity index (χ4v) is 2.37. The Hall–Kier alpha value is 0.100. The Kier molecular flexibility index (Phi) is 33.6. The number of hydrogen-bond donors (Lipinski definition) is 2. The average molecular weight is 352 g/mol. The van der Waals surface area contributed by atoms with Gasteiger partial charge in [0.25, 0.3) is 0 Å². The quantitative estimate of drug-likeness (QED) is 0.253. The van der Waals surface area contributed by atoms with E-state index >= 15 is 0 Å². The predicted molar refractivity (Wildman–Crippen MR) is 97.6 cm³/mol. The van der Waals surface area contributed by atoms with Crippen LogP contribution in [0.2, 0.25) is 0 Å². The third-order valence-corrected chi connectivity index (χ3v) is 3.71. The zero-order valence-electron chi connectivity index (χ0n) is 16.4. The topological polar surface area (TPSA) is 66.4 Å². The van der Waals surface area contributed by atoms with Crippen molar-refractivity contribution in [2.75, 3.05) is 13.6 Å². The standard InChI is InChI=1S/C16H31O.C3H7NO2.Na/c1-2-3-4-5-6-7-8-9-10-11-12-13-14-15-16-17;1-4-2-3(5)6;/h2-15H2,1H3;4H,2H2,1H3,(H,5,6);/q-1;;+1. The number of carbonyl (C=O) groups is 1. The average Bonchev–Trinajstić information content (AvgIpc) is 2.52. The molecule has 0 aliphatic carbocycles. The molecule has 5 heteroatoms. The number of nitrogens with one attached hydrogen (secondary N) is 1. The van der Waals surface area contributed by atoms with Crippen molar-refractivity contribution in [2.45, 2.75) is 96.8 Å². The van der Waals surface area contributed by atoms with Crippen LogP contribution in [-0.4, -0.2) is 31.0 Å². The molecule has 0 saturated carbocycles. The molecule has 138 valence electrons. The van der Waals surface area contributed by atoms with Gasteiger partial charge in [0.15, 0.2) is 0 Å². The summed E-state index contributed by atoms with van der Waals surface area (Å²) in [5.41, 5.74) is 0. The second-order valence-corrected chi connectivity index (χ2v) is 6.06. The van der Waals surface area contributed by atoms with Crippen LogP contribution in [0, 0.1) is 0 Å². The van der Waals surface area contributed by atoms with Gasteiger partial charge in [-0.15, -0.1) is 0 Å². The van der Waals surface area contributed by atoms with Gasteiger partial charge in [-0.3, -0.25) is 11.1 Å².